The van der Waals surface area contributed by atoms with Crippen molar-refractivity contribution >= 4 is 0 Å². The van der Waals surface area contributed by atoms with Crippen LogP contribution in [0.3, 0.4) is 0 Å². The molecule has 1 aliphatic rings. The van der Waals surface area contributed by atoms with Gasteiger partial charge in [0.05, 0.1) is 13.2 Å². The van der Waals surface area contributed by atoms with Gasteiger partial charge in [-0.1, -0.05) is 0 Å². The summed E-state index contributed by atoms with van der Waals surface area (Å²) in [5.74, 6) is 0. The molecule has 0 radical (unpaired) electrons. The smallest absolute Gasteiger partial charge is 0.330 e. The molecule has 8 heteroatoms. The van der Waals surface area contributed by atoms with E-state index in [4.69, 9.17) is 4.74 Å². The van der Waals surface area contributed by atoms with Crippen molar-refractivity contribution in [2.75, 3.05) is 13.2 Å². The van der Waals surface area contributed by atoms with Crippen molar-refractivity contribution in [1.29, 1.82) is 0 Å². The lowest BCUT2D eigenvalue weighted by molar-refractivity contribution is -0.154. The van der Waals surface area contributed by atoms with Crippen LogP contribution in [0.15, 0.2) is 15.8 Å². The fraction of sp³-hybridized carbons (Fsp3) is 0.600. The summed E-state index contributed by atoms with van der Waals surface area (Å²) in [6, 6.07) is 0. The summed E-state index contributed by atoms with van der Waals surface area (Å²) < 4.78 is 6.06. The fourth-order valence-corrected chi connectivity index (χ4v) is 1.98. The molecule has 8 nitrogen and oxygen atoms in total. The van der Waals surface area contributed by atoms with E-state index in [-0.39, 0.29) is 12.2 Å². The minimum absolute atomic E-state index is 0.216. The van der Waals surface area contributed by atoms with Crippen LogP contribution in [0.1, 0.15) is 5.56 Å². The maximum atomic E-state index is 11.7. The van der Waals surface area contributed by atoms with Gasteiger partial charge in [-0.05, 0) is 6.92 Å². The Morgan fingerprint density at radius 2 is 2.22 bits per heavy atom. The number of nitrogens with one attached hydrogen (secondary N) is 1. The molecule has 0 saturated carbocycles. The van der Waals surface area contributed by atoms with Gasteiger partial charge in [0.25, 0.3) is 5.56 Å². The Balaban J connectivity index is 2.63. The second-order valence-corrected chi connectivity index (χ2v) is 4.27. The number of aromatic amines is 1. The molecule has 0 aromatic carbocycles. The molecule has 4 N–H and O–H groups in total. The number of rotatable bonds is 2. The third kappa shape index (κ3) is 1.70. The number of aliphatic hydroxyl groups is 3. The maximum absolute atomic E-state index is 11.7. The highest BCUT2D eigenvalue weighted by atomic mass is 16.6. The van der Waals surface area contributed by atoms with Gasteiger partial charge in [-0.15, -0.1) is 0 Å². The van der Waals surface area contributed by atoms with Crippen LogP contribution < -0.4 is 11.2 Å². The predicted octanol–water partition coefficient (Wildman–Crippen LogP) is -2.76. The van der Waals surface area contributed by atoms with Gasteiger partial charge in [0.1, 0.15) is 12.2 Å². The van der Waals surface area contributed by atoms with Gasteiger partial charge in [-0.3, -0.25) is 14.3 Å². The molecule has 3 atom stereocenters. The molecule has 1 fully saturated rings. The Kier molecular flexibility index (Phi) is 3.11. The first-order valence-corrected chi connectivity index (χ1v) is 5.36. The maximum Gasteiger partial charge on any atom is 0.330 e. The van der Waals surface area contributed by atoms with Crippen molar-refractivity contribution < 1.29 is 20.1 Å². The molecule has 2 heterocycles. The van der Waals surface area contributed by atoms with Crippen LogP contribution in [-0.4, -0.2) is 50.3 Å². The monoisotopic (exact) mass is 258 g/mol. The number of hydrogen-bond donors (Lipinski definition) is 4. The molecule has 1 aliphatic heterocycles. The zero-order valence-corrected chi connectivity index (χ0v) is 9.66. The van der Waals surface area contributed by atoms with Crippen molar-refractivity contribution in [2.24, 2.45) is 0 Å². The number of aryl methyl sites for hydroxylation is 1. The highest BCUT2D eigenvalue weighted by molar-refractivity contribution is 5.05. The largest absolute Gasteiger partial charge is 0.391 e. The summed E-state index contributed by atoms with van der Waals surface area (Å²) >= 11 is 0. The van der Waals surface area contributed by atoms with E-state index in [0.717, 1.165) is 4.57 Å². The Morgan fingerprint density at radius 3 is 2.72 bits per heavy atom. The predicted molar refractivity (Wildman–Crippen MR) is 59.1 cm³/mol. The van der Waals surface area contributed by atoms with Crippen molar-refractivity contribution in [3.63, 3.8) is 0 Å². The number of aliphatic hydroxyl groups excluding tert-OH is 3. The average molecular weight is 258 g/mol. The first kappa shape index (κ1) is 13.0. The number of H-pyrrole nitrogens is 1. The fourth-order valence-electron chi connectivity index (χ4n) is 1.98. The number of hydrogen-bond acceptors (Lipinski definition) is 6. The second-order valence-electron chi connectivity index (χ2n) is 4.27. The first-order valence-electron chi connectivity index (χ1n) is 5.36. The van der Waals surface area contributed by atoms with Gasteiger partial charge in [-0.2, -0.15) is 0 Å². The normalized spacial score (nSPS) is 31.8. The minimum atomic E-state index is -1.77. The molecular weight excluding hydrogens is 244 g/mol. The topological polar surface area (TPSA) is 125 Å². The molecule has 0 bridgehead atoms. The SMILES string of the molecule is Cc1cn([C@@]2(CO)OC[C@@H](O)[C@@H]2O)c(=O)[nH]c1=O. The van der Waals surface area contributed by atoms with E-state index in [1.54, 1.807) is 0 Å². The Labute approximate surface area is 101 Å². The molecular formula is C10H14N2O6. The third-order valence-corrected chi connectivity index (χ3v) is 3.09. The quantitative estimate of drug-likeness (QED) is 0.455. The van der Waals surface area contributed by atoms with Crippen molar-refractivity contribution in [2.45, 2.75) is 24.9 Å². The van der Waals surface area contributed by atoms with Crippen LogP contribution in [0.25, 0.3) is 0 Å². The van der Waals surface area contributed by atoms with E-state index in [1.807, 2.05) is 4.98 Å². The summed E-state index contributed by atoms with van der Waals surface area (Å²) in [5.41, 5.74) is -2.93. The zero-order valence-electron chi connectivity index (χ0n) is 9.66. The molecule has 0 aliphatic carbocycles. The Bertz CT molecular complexity index is 564. The molecule has 1 saturated heterocycles. The van der Waals surface area contributed by atoms with Gasteiger partial charge in [0.15, 0.2) is 0 Å². The lowest BCUT2D eigenvalue weighted by Gasteiger charge is -2.31. The van der Waals surface area contributed by atoms with Crippen molar-refractivity contribution in [1.82, 2.24) is 9.55 Å². The van der Waals surface area contributed by atoms with Gasteiger partial charge in [0.2, 0.25) is 5.72 Å². The van der Waals surface area contributed by atoms with Crippen LogP contribution in [0, 0.1) is 6.92 Å². The van der Waals surface area contributed by atoms with Crippen molar-refractivity contribution in [3.8, 4) is 0 Å². The van der Waals surface area contributed by atoms with Crippen LogP contribution in [-0.2, 0) is 10.5 Å². The number of ether oxygens (including phenoxy) is 1. The molecule has 100 valence electrons. The average Bonchev–Trinajstić information content (AvgIpc) is 2.62. The highest BCUT2D eigenvalue weighted by Gasteiger charge is 2.51. The minimum Gasteiger partial charge on any atom is -0.391 e. The van der Waals surface area contributed by atoms with E-state index >= 15 is 0 Å². The second kappa shape index (κ2) is 4.32. The van der Waals surface area contributed by atoms with E-state index in [1.165, 1.54) is 13.1 Å². The molecule has 0 unspecified atom stereocenters. The Morgan fingerprint density at radius 1 is 1.56 bits per heavy atom. The van der Waals surface area contributed by atoms with Gasteiger partial charge in [-0.25, -0.2) is 4.79 Å². The zero-order chi connectivity index (χ0) is 13.5. The molecule has 18 heavy (non-hydrogen) atoms. The lowest BCUT2D eigenvalue weighted by Crippen LogP contribution is -2.54. The van der Waals surface area contributed by atoms with Crippen molar-refractivity contribution in [3.05, 3.63) is 32.6 Å². The summed E-state index contributed by atoms with van der Waals surface area (Å²) in [6.45, 7) is 0.542. The first-order chi connectivity index (χ1) is 8.42. The molecule has 1 aromatic rings. The molecule has 0 spiro atoms. The highest BCUT2D eigenvalue weighted by Crippen LogP contribution is 2.29. The lowest BCUT2D eigenvalue weighted by atomic mass is 10.1. The summed E-state index contributed by atoms with van der Waals surface area (Å²) in [5, 5.41) is 28.7. The van der Waals surface area contributed by atoms with Crippen LogP contribution >= 0.6 is 0 Å². The summed E-state index contributed by atoms with van der Waals surface area (Å²) in [4.78, 5) is 25.0. The van der Waals surface area contributed by atoms with E-state index < -0.39 is 35.8 Å². The number of aromatic nitrogens is 2. The third-order valence-electron chi connectivity index (χ3n) is 3.09. The van der Waals surface area contributed by atoms with Gasteiger partial charge >= 0.3 is 5.69 Å². The Hall–Kier alpha value is -1.48. The molecule has 0 amide bonds. The standard InChI is InChI=1S/C10H14N2O6/c1-5-2-12(9(17)11-8(5)16)10(4-13)7(15)6(14)3-18-10/h2,6-7,13-15H,3-4H2,1H3,(H,11,16,17)/t6-,7+,10+/m1/s1. The summed E-state index contributed by atoms with van der Waals surface area (Å²) in [7, 11) is 0. The van der Waals surface area contributed by atoms with Crippen LogP contribution in [0.4, 0.5) is 0 Å². The van der Waals surface area contributed by atoms with Crippen LogP contribution in [0.2, 0.25) is 0 Å². The molecule has 2 rings (SSSR count). The molecule has 1 aromatic heterocycles. The van der Waals surface area contributed by atoms with Crippen LogP contribution in [0.5, 0.6) is 0 Å². The van der Waals surface area contributed by atoms with E-state index in [9.17, 15) is 24.9 Å². The summed E-state index contributed by atoms with van der Waals surface area (Å²) in [6.07, 6.45) is -1.50. The van der Waals surface area contributed by atoms with E-state index in [0.29, 0.717) is 0 Å². The van der Waals surface area contributed by atoms with E-state index in [2.05, 4.69) is 0 Å². The number of nitrogens with zero attached hydrogens (tertiary/aromatic N) is 1. The van der Waals surface area contributed by atoms with Gasteiger partial charge < -0.3 is 20.1 Å². The van der Waals surface area contributed by atoms with Gasteiger partial charge in [0, 0.05) is 11.8 Å².